The Balaban J connectivity index is 1.67. The van der Waals surface area contributed by atoms with Crippen molar-refractivity contribution >= 4 is 26.9 Å². The van der Waals surface area contributed by atoms with Crippen molar-refractivity contribution < 1.29 is 22.7 Å². The molecule has 0 fully saturated rings. The maximum absolute atomic E-state index is 12.5. The van der Waals surface area contributed by atoms with Gasteiger partial charge in [0.25, 0.3) is 0 Å². The maximum atomic E-state index is 12.5. The summed E-state index contributed by atoms with van der Waals surface area (Å²) in [5.41, 5.74) is 0.193. The van der Waals surface area contributed by atoms with E-state index in [1.165, 1.54) is 19.1 Å². The summed E-state index contributed by atoms with van der Waals surface area (Å²) in [6.07, 6.45) is 7.98. The van der Waals surface area contributed by atoms with E-state index in [-0.39, 0.29) is 0 Å². The molecule has 2 aromatic rings. The molecule has 1 aliphatic rings. The number of esters is 1. The van der Waals surface area contributed by atoms with Gasteiger partial charge in [-0.05, 0) is 26.0 Å². The Bertz CT molecular complexity index is 992. The first kappa shape index (κ1) is 19.3. The summed E-state index contributed by atoms with van der Waals surface area (Å²) in [5.74, 6) is -0.330. The van der Waals surface area contributed by atoms with Crippen molar-refractivity contribution in [2.24, 2.45) is 0 Å². The second-order valence-electron chi connectivity index (χ2n) is 6.57. The van der Waals surface area contributed by atoms with Gasteiger partial charge in [0.1, 0.15) is 16.9 Å². The Labute approximate surface area is 158 Å². The number of aromatic nitrogens is 1. The molecule has 1 heterocycles. The van der Waals surface area contributed by atoms with E-state index in [0.29, 0.717) is 5.75 Å². The molecule has 0 amide bonds. The first-order valence-corrected chi connectivity index (χ1v) is 10.0. The summed E-state index contributed by atoms with van der Waals surface area (Å²) < 4.78 is 38.1. The van der Waals surface area contributed by atoms with E-state index >= 15 is 0 Å². The lowest BCUT2D eigenvalue weighted by molar-refractivity contribution is -0.135. The number of hydrogen-bond donors (Lipinski definition) is 2. The average molecular weight is 390 g/mol. The van der Waals surface area contributed by atoms with Crippen molar-refractivity contribution in [2.75, 3.05) is 7.11 Å². The Hall–Kier alpha value is -2.42. The molecular weight excluding hydrogens is 368 g/mol. The molecule has 1 aromatic heterocycles. The Morgan fingerprint density at radius 2 is 1.93 bits per heavy atom. The maximum Gasteiger partial charge on any atom is 0.329 e. The van der Waals surface area contributed by atoms with Gasteiger partial charge in [0.2, 0.25) is 10.0 Å². The molecule has 27 heavy (non-hydrogen) atoms. The third kappa shape index (κ3) is 4.13. The number of para-hydroxylation sites is 1. The Kier molecular flexibility index (Phi) is 5.23. The smallest absolute Gasteiger partial charge is 0.329 e. The van der Waals surface area contributed by atoms with Crippen LogP contribution in [0.15, 0.2) is 54.8 Å². The highest BCUT2D eigenvalue weighted by Crippen LogP contribution is 2.25. The summed E-state index contributed by atoms with van der Waals surface area (Å²) in [5, 5.41) is -0.137. The summed E-state index contributed by atoms with van der Waals surface area (Å²) in [6.45, 7) is 3.27. The highest BCUT2D eigenvalue weighted by molar-refractivity contribution is 7.90. The molecule has 2 N–H and O–H groups in total. The van der Waals surface area contributed by atoms with Crippen molar-refractivity contribution in [3.63, 3.8) is 0 Å². The topological polar surface area (TPSA) is 97.5 Å². The fraction of sp³-hybridized carbons (Fsp3) is 0.316. The summed E-state index contributed by atoms with van der Waals surface area (Å²) in [7, 11) is -2.25. The highest BCUT2D eigenvalue weighted by Gasteiger charge is 2.30. The van der Waals surface area contributed by atoms with E-state index in [1.807, 2.05) is 31.2 Å². The number of carbonyl (C=O) groups is 1. The van der Waals surface area contributed by atoms with Gasteiger partial charge in [-0.3, -0.25) is 0 Å². The van der Waals surface area contributed by atoms with E-state index in [2.05, 4.69) is 9.71 Å². The largest absolute Gasteiger partial charge is 0.423 e. The van der Waals surface area contributed by atoms with E-state index in [0.717, 1.165) is 10.9 Å². The molecule has 144 valence electrons. The normalized spacial score (nSPS) is 23.4. The van der Waals surface area contributed by atoms with Crippen molar-refractivity contribution in [1.82, 2.24) is 9.71 Å². The van der Waals surface area contributed by atoms with Gasteiger partial charge >= 0.3 is 5.97 Å². The van der Waals surface area contributed by atoms with Crippen molar-refractivity contribution in [3.05, 3.63) is 54.8 Å². The van der Waals surface area contributed by atoms with Crippen LogP contribution in [0.5, 0.6) is 5.75 Å². The molecule has 0 radical (unpaired) electrons. The minimum Gasteiger partial charge on any atom is -0.423 e. The number of H-pyrrole nitrogens is 1. The number of methoxy groups -OCH3 is 1. The lowest BCUT2D eigenvalue weighted by atomic mass is 10.0. The van der Waals surface area contributed by atoms with Gasteiger partial charge in [-0.25, -0.2) is 17.9 Å². The Morgan fingerprint density at radius 1 is 1.26 bits per heavy atom. The highest BCUT2D eigenvalue weighted by atomic mass is 32.2. The van der Waals surface area contributed by atoms with E-state index in [4.69, 9.17) is 9.47 Å². The predicted octanol–water partition coefficient (Wildman–Crippen LogP) is 2.28. The van der Waals surface area contributed by atoms with Crippen molar-refractivity contribution in [3.8, 4) is 5.75 Å². The first-order valence-electron chi connectivity index (χ1n) is 8.47. The zero-order valence-corrected chi connectivity index (χ0v) is 16.1. The van der Waals surface area contributed by atoms with Gasteiger partial charge in [0.15, 0.2) is 5.75 Å². The molecule has 0 unspecified atom stereocenters. The van der Waals surface area contributed by atoms with Gasteiger partial charge in [-0.15, -0.1) is 0 Å². The van der Waals surface area contributed by atoms with E-state index in [9.17, 15) is 13.2 Å². The number of ether oxygens (including phenoxy) is 2. The molecule has 0 saturated carbocycles. The number of aromatic amines is 1. The fourth-order valence-corrected chi connectivity index (χ4v) is 4.05. The summed E-state index contributed by atoms with van der Waals surface area (Å²) in [4.78, 5) is 15.3. The molecule has 1 aliphatic carbocycles. The van der Waals surface area contributed by atoms with Crippen LogP contribution >= 0.6 is 0 Å². The number of hydrogen-bond acceptors (Lipinski definition) is 5. The van der Waals surface area contributed by atoms with E-state index < -0.39 is 32.9 Å². The summed E-state index contributed by atoms with van der Waals surface area (Å²) in [6, 6.07) is 6.32. The minimum absolute atomic E-state index is 0.356. The van der Waals surface area contributed by atoms with Gasteiger partial charge in [0.05, 0.1) is 0 Å². The number of carbonyl (C=O) groups excluding carboxylic acids is 1. The lowest BCUT2D eigenvalue weighted by Gasteiger charge is -2.25. The molecule has 0 bridgehead atoms. The van der Waals surface area contributed by atoms with Crippen molar-refractivity contribution in [1.29, 1.82) is 0 Å². The predicted molar refractivity (Wildman–Crippen MR) is 103 cm³/mol. The zero-order chi connectivity index (χ0) is 19.7. The minimum atomic E-state index is -3.80. The van der Waals surface area contributed by atoms with Crippen LogP contribution in [-0.4, -0.2) is 43.4 Å². The monoisotopic (exact) mass is 390 g/mol. The Morgan fingerprint density at radius 3 is 2.59 bits per heavy atom. The molecule has 0 saturated heterocycles. The molecule has 8 heteroatoms. The SMILES string of the molecule is COC1(C)C=CC(S(=O)(=O)N[C@@H](C)C(=O)Oc2c[nH]c3ccccc23)C=C1. The van der Waals surface area contributed by atoms with E-state index in [1.54, 1.807) is 25.5 Å². The quantitative estimate of drug-likeness (QED) is 0.583. The number of rotatable bonds is 6. The van der Waals surface area contributed by atoms with Crippen LogP contribution in [0.2, 0.25) is 0 Å². The van der Waals surface area contributed by atoms with Crippen molar-refractivity contribution in [2.45, 2.75) is 30.7 Å². The van der Waals surface area contributed by atoms with Gasteiger partial charge in [-0.2, -0.15) is 0 Å². The molecule has 1 atom stereocenters. The van der Waals surface area contributed by atoms with Crippen LogP contribution < -0.4 is 9.46 Å². The molecular formula is C19H22N2O5S. The van der Waals surface area contributed by atoms with Crippen LogP contribution in [0, 0.1) is 0 Å². The zero-order valence-electron chi connectivity index (χ0n) is 15.3. The van der Waals surface area contributed by atoms with Crippen LogP contribution in [0.3, 0.4) is 0 Å². The number of sulfonamides is 1. The van der Waals surface area contributed by atoms with Crippen LogP contribution in [0.25, 0.3) is 10.9 Å². The molecule has 0 spiro atoms. The average Bonchev–Trinajstić information content (AvgIpc) is 3.05. The van der Waals surface area contributed by atoms with Gasteiger partial charge in [0, 0.05) is 24.2 Å². The van der Waals surface area contributed by atoms with Gasteiger partial charge in [-0.1, -0.05) is 36.4 Å². The second-order valence-corrected chi connectivity index (χ2v) is 8.45. The molecule has 3 rings (SSSR count). The standard InChI is InChI=1S/C19H22N2O5S/c1-13(18(22)26-17-12-20-16-7-5-4-6-15(16)17)21-27(23,24)14-8-10-19(2,25-3)11-9-14/h4-14,20-21H,1-3H3/t13-,14?,19?/m0/s1. The third-order valence-electron chi connectivity index (χ3n) is 4.49. The third-order valence-corrected chi connectivity index (χ3v) is 6.20. The number of benzene rings is 1. The lowest BCUT2D eigenvalue weighted by Crippen LogP contribution is -2.44. The summed E-state index contributed by atoms with van der Waals surface area (Å²) >= 11 is 0. The molecule has 1 aromatic carbocycles. The van der Waals surface area contributed by atoms with Crippen LogP contribution in [0.1, 0.15) is 13.8 Å². The number of fused-ring (bicyclic) bond motifs is 1. The van der Waals surface area contributed by atoms with Gasteiger partial charge < -0.3 is 14.5 Å². The second kappa shape index (κ2) is 7.30. The number of nitrogens with one attached hydrogen (secondary N) is 2. The first-order chi connectivity index (χ1) is 12.7. The molecule has 0 aliphatic heterocycles. The van der Waals surface area contributed by atoms with Crippen LogP contribution in [0.4, 0.5) is 0 Å². The molecule has 7 nitrogen and oxygen atoms in total. The van der Waals surface area contributed by atoms with Crippen LogP contribution in [-0.2, 0) is 19.6 Å². The fourth-order valence-electron chi connectivity index (χ4n) is 2.73.